The minimum atomic E-state index is -3.40. The van der Waals surface area contributed by atoms with E-state index in [1.54, 1.807) is 0 Å². The number of aliphatic hydroxyl groups is 1. The van der Waals surface area contributed by atoms with Crippen molar-refractivity contribution >= 4 is 21.3 Å². The summed E-state index contributed by atoms with van der Waals surface area (Å²) in [5.74, 6) is -0.563. The molecule has 15 heavy (non-hydrogen) atoms. The largest absolute Gasteiger partial charge is 0.399 e. The molecular formula is C9H11NO4S. The highest BCUT2D eigenvalue weighted by atomic mass is 32.2. The third-order valence-corrected chi connectivity index (χ3v) is 2.91. The number of Topliss-reactive ketones (excluding diaryl/α,β-unsaturated/α-hetero) is 1. The van der Waals surface area contributed by atoms with E-state index < -0.39 is 22.2 Å². The smallest absolute Gasteiger partial charge is 0.188 e. The fourth-order valence-corrected chi connectivity index (χ4v) is 1.78. The average Bonchev–Trinajstić information content (AvgIpc) is 2.14. The second-order valence-corrected chi connectivity index (χ2v) is 5.16. The Morgan fingerprint density at radius 3 is 2.47 bits per heavy atom. The standard InChI is InChI=1S/C9H11NO4S/c1-15(13,14)8-3-6(9(12)5-11)2-7(10)4-8/h2-4,11H,5,10H2,1H3. The van der Waals surface area contributed by atoms with Gasteiger partial charge in [0, 0.05) is 17.5 Å². The fraction of sp³-hybridized carbons (Fsp3) is 0.222. The molecule has 0 saturated carbocycles. The van der Waals surface area contributed by atoms with E-state index >= 15 is 0 Å². The lowest BCUT2D eigenvalue weighted by atomic mass is 10.1. The zero-order chi connectivity index (χ0) is 11.6. The number of rotatable bonds is 3. The monoisotopic (exact) mass is 229 g/mol. The van der Waals surface area contributed by atoms with Crippen molar-refractivity contribution in [1.29, 1.82) is 0 Å². The van der Waals surface area contributed by atoms with Gasteiger partial charge in [0.2, 0.25) is 0 Å². The number of hydrogen-bond donors (Lipinski definition) is 2. The molecule has 0 spiro atoms. The summed E-state index contributed by atoms with van der Waals surface area (Å²) in [5, 5.41) is 8.63. The SMILES string of the molecule is CS(=O)(=O)c1cc(N)cc(C(=O)CO)c1. The molecule has 1 aromatic rings. The predicted molar refractivity (Wildman–Crippen MR) is 55.4 cm³/mol. The normalized spacial score (nSPS) is 11.3. The van der Waals surface area contributed by atoms with Gasteiger partial charge in [-0.25, -0.2) is 8.42 Å². The van der Waals surface area contributed by atoms with Gasteiger partial charge in [0.25, 0.3) is 0 Å². The number of carbonyl (C=O) groups is 1. The Hall–Kier alpha value is -1.40. The van der Waals surface area contributed by atoms with Gasteiger partial charge in [-0.15, -0.1) is 0 Å². The molecule has 0 aliphatic rings. The van der Waals surface area contributed by atoms with Crippen molar-refractivity contribution in [3.8, 4) is 0 Å². The molecule has 0 atom stereocenters. The van der Waals surface area contributed by atoms with Gasteiger partial charge in [0.15, 0.2) is 15.6 Å². The van der Waals surface area contributed by atoms with E-state index in [2.05, 4.69) is 0 Å². The third-order valence-electron chi connectivity index (χ3n) is 1.82. The number of sulfone groups is 1. The zero-order valence-electron chi connectivity index (χ0n) is 8.10. The maximum atomic E-state index is 11.2. The van der Waals surface area contributed by atoms with Crippen LogP contribution in [0.4, 0.5) is 5.69 Å². The Morgan fingerprint density at radius 2 is 2.00 bits per heavy atom. The average molecular weight is 229 g/mol. The van der Waals surface area contributed by atoms with E-state index in [-0.39, 0.29) is 16.1 Å². The van der Waals surface area contributed by atoms with Crippen molar-refractivity contribution in [2.45, 2.75) is 4.90 Å². The molecule has 0 aliphatic carbocycles. The molecule has 5 nitrogen and oxygen atoms in total. The summed E-state index contributed by atoms with van der Waals surface area (Å²) >= 11 is 0. The summed E-state index contributed by atoms with van der Waals surface area (Å²) in [6.45, 7) is -0.674. The van der Waals surface area contributed by atoms with Gasteiger partial charge in [-0.2, -0.15) is 0 Å². The van der Waals surface area contributed by atoms with E-state index in [1.165, 1.54) is 18.2 Å². The molecule has 0 heterocycles. The van der Waals surface area contributed by atoms with Crippen LogP contribution in [0.25, 0.3) is 0 Å². The van der Waals surface area contributed by atoms with Crippen molar-refractivity contribution in [2.75, 3.05) is 18.6 Å². The number of carbonyl (C=O) groups excluding carboxylic acids is 1. The van der Waals surface area contributed by atoms with Crippen molar-refractivity contribution < 1.29 is 18.3 Å². The summed E-state index contributed by atoms with van der Waals surface area (Å²) in [6, 6.07) is 3.79. The maximum absolute atomic E-state index is 11.2. The molecule has 0 aromatic heterocycles. The molecular weight excluding hydrogens is 218 g/mol. The highest BCUT2D eigenvalue weighted by Gasteiger charge is 2.12. The van der Waals surface area contributed by atoms with Gasteiger partial charge in [-0.1, -0.05) is 0 Å². The summed E-state index contributed by atoms with van der Waals surface area (Å²) in [7, 11) is -3.40. The highest BCUT2D eigenvalue weighted by molar-refractivity contribution is 7.90. The van der Waals surface area contributed by atoms with Crippen LogP contribution in [0.15, 0.2) is 23.1 Å². The third kappa shape index (κ3) is 2.77. The summed E-state index contributed by atoms with van der Waals surface area (Å²) in [5.41, 5.74) is 5.72. The first-order valence-electron chi connectivity index (χ1n) is 4.09. The molecule has 0 radical (unpaired) electrons. The molecule has 0 saturated heterocycles. The van der Waals surface area contributed by atoms with Crippen LogP contribution in [-0.2, 0) is 9.84 Å². The Kier molecular flexibility index (Phi) is 3.11. The first-order chi connectivity index (χ1) is 6.84. The number of ketones is 1. The maximum Gasteiger partial charge on any atom is 0.188 e. The van der Waals surface area contributed by atoms with Gasteiger partial charge in [0.1, 0.15) is 6.61 Å². The number of nitrogens with two attached hydrogens (primary N) is 1. The molecule has 1 aromatic carbocycles. The topological polar surface area (TPSA) is 97.5 Å². The summed E-state index contributed by atoms with van der Waals surface area (Å²) in [4.78, 5) is 11.1. The van der Waals surface area contributed by atoms with Crippen LogP contribution in [0.3, 0.4) is 0 Å². The quantitative estimate of drug-likeness (QED) is 0.554. The van der Waals surface area contributed by atoms with Crippen LogP contribution >= 0.6 is 0 Å². The molecule has 0 aliphatic heterocycles. The minimum Gasteiger partial charge on any atom is -0.399 e. The zero-order valence-corrected chi connectivity index (χ0v) is 8.91. The summed E-state index contributed by atoms with van der Waals surface area (Å²) in [6.07, 6.45) is 1.02. The highest BCUT2D eigenvalue weighted by Crippen LogP contribution is 2.17. The number of anilines is 1. The molecule has 0 fully saturated rings. The fourth-order valence-electron chi connectivity index (χ4n) is 1.09. The predicted octanol–water partition coefficient (Wildman–Crippen LogP) is -0.153. The Balaban J connectivity index is 3.35. The molecule has 1 rings (SSSR count). The van der Waals surface area contributed by atoms with Crippen molar-refractivity contribution in [2.24, 2.45) is 0 Å². The lowest BCUT2D eigenvalue weighted by Gasteiger charge is -2.04. The molecule has 0 unspecified atom stereocenters. The number of benzene rings is 1. The number of nitrogen functional groups attached to an aromatic ring is 1. The second kappa shape index (κ2) is 4.00. The van der Waals surface area contributed by atoms with Crippen LogP contribution in [0.1, 0.15) is 10.4 Å². The Labute approximate surface area is 87.4 Å². The van der Waals surface area contributed by atoms with Gasteiger partial charge >= 0.3 is 0 Å². The summed E-state index contributed by atoms with van der Waals surface area (Å²) < 4.78 is 22.4. The van der Waals surface area contributed by atoms with Crippen LogP contribution in [0.5, 0.6) is 0 Å². The van der Waals surface area contributed by atoms with E-state index in [0.717, 1.165) is 6.26 Å². The molecule has 82 valence electrons. The molecule has 3 N–H and O–H groups in total. The molecule has 6 heteroatoms. The van der Waals surface area contributed by atoms with Crippen LogP contribution in [0, 0.1) is 0 Å². The van der Waals surface area contributed by atoms with Crippen LogP contribution < -0.4 is 5.73 Å². The second-order valence-electron chi connectivity index (χ2n) is 3.14. The number of aliphatic hydroxyl groups excluding tert-OH is 1. The molecule has 0 amide bonds. The first kappa shape index (κ1) is 11.7. The van der Waals surface area contributed by atoms with Crippen LogP contribution in [0.2, 0.25) is 0 Å². The van der Waals surface area contributed by atoms with Gasteiger partial charge < -0.3 is 10.8 Å². The minimum absolute atomic E-state index is 0.0284. The lowest BCUT2D eigenvalue weighted by Crippen LogP contribution is -2.07. The van der Waals surface area contributed by atoms with Crippen molar-refractivity contribution in [3.63, 3.8) is 0 Å². The van der Waals surface area contributed by atoms with E-state index in [0.29, 0.717) is 0 Å². The van der Waals surface area contributed by atoms with E-state index in [1.807, 2.05) is 0 Å². The van der Waals surface area contributed by atoms with Crippen molar-refractivity contribution in [1.82, 2.24) is 0 Å². The van der Waals surface area contributed by atoms with Crippen molar-refractivity contribution in [3.05, 3.63) is 23.8 Å². The first-order valence-corrected chi connectivity index (χ1v) is 5.98. The van der Waals surface area contributed by atoms with Crippen LogP contribution in [-0.4, -0.2) is 32.2 Å². The van der Waals surface area contributed by atoms with E-state index in [9.17, 15) is 13.2 Å². The van der Waals surface area contributed by atoms with E-state index in [4.69, 9.17) is 10.8 Å². The van der Waals surface area contributed by atoms with Gasteiger partial charge in [-0.05, 0) is 18.2 Å². The van der Waals surface area contributed by atoms with Gasteiger partial charge in [0.05, 0.1) is 4.90 Å². The van der Waals surface area contributed by atoms with Gasteiger partial charge in [-0.3, -0.25) is 4.79 Å². The Morgan fingerprint density at radius 1 is 1.40 bits per heavy atom. The Bertz CT molecular complexity index is 493. The molecule has 0 bridgehead atoms. The number of hydrogen-bond acceptors (Lipinski definition) is 5. The lowest BCUT2D eigenvalue weighted by molar-refractivity contribution is 0.0903.